The van der Waals surface area contributed by atoms with Crippen LogP contribution in [0.1, 0.15) is 26.3 Å². The van der Waals surface area contributed by atoms with E-state index in [1.165, 1.54) is 0 Å². The molecule has 0 radical (unpaired) electrons. The Morgan fingerprint density at radius 3 is 2.88 bits per heavy atom. The Labute approximate surface area is 106 Å². The molecular formula is C12H19BrN2O. The lowest BCUT2D eigenvalue weighted by Gasteiger charge is -2.12. The van der Waals surface area contributed by atoms with Gasteiger partial charge in [-0.05, 0) is 34.5 Å². The summed E-state index contributed by atoms with van der Waals surface area (Å²) < 4.78 is 6.66. The Hall–Kier alpha value is -0.610. The van der Waals surface area contributed by atoms with Crippen molar-refractivity contribution in [2.24, 2.45) is 5.92 Å². The lowest BCUT2D eigenvalue weighted by Crippen LogP contribution is -2.14. The average molecular weight is 287 g/mol. The number of halogens is 1. The maximum atomic E-state index is 5.68. The van der Waals surface area contributed by atoms with Gasteiger partial charge in [0.15, 0.2) is 0 Å². The van der Waals surface area contributed by atoms with Gasteiger partial charge in [0.2, 0.25) is 5.88 Å². The van der Waals surface area contributed by atoms with E-state index in [2.05, 4.69) is 47.0 Å². The van der Waals surface area contributed by atoms with Crippen molar-refractivity contribution in [3.05, 3.63) is 22.3 Å². The predicted octanol–water partition coefficient (Wildman–Crippen LogP) is 2.99. The Morgan fingerprint density at radius 1 is 1.50 bits per heavy atom. The molecule has 0 fully saturated rings. The van der Waals surface area contributed by atoms with Gasteiger partial charge in [-0.25, -0.2) is 4.98 Å². The second-order valence-corrected chi connectivity index (χ2v) is 5.02. The molecule has 0 unspecified atom stereocenters. The molecule has 16 heavy (non-hydrogen) atoms. The van der Waals surface area contributed by atoms with Crippen LogP contribution in [-0.4, -0.2) is 18.1 Å². The third kappa shape index (κ3) is 4.49. The van der Waals surface area contributed by atoms with E-state index in [1.807, 2.05) is 6.07 Å². The van der Waals surface area contributed by atoms with Gasteiger partial charge in [-0.15, -0.1) is 0 Å². The van der Waals surface area contributed by atoms with Crippen molar-refractivity contribution in [2.45, 2.75) is 27.3 Å². The molecule has 0 spiro atoms. The SMILES string of the molecule is CCNCc1cc(Br)cnc1OCC(C)C. The molecule has 0 aromatic carbocycles. The number of hydrogen-bond acceptors (Lipinski definition) is 3. The van der Waals surface area contributed by atoms with E-state index in [1.54, 1.807) is 6.20 Å². The second kappa shape index (κ2) is 6.86. The highest BCUT2D eigenvalue weighted by atomic mass is 79.9. The molecule has 90 valence electrons. The minimum absolute atomic E-state index is 0.512. The number of hydrogen-bond donors (Lipinski definition) is 1. The largest absolute Gasteiger partial charge is 0.477 e. The van der Waals surface area contributed by atoms with Crippen LogP contribution in [0.25, 0.3) is 0 Å². The normalized spacial score (nSPS) is 10.8. The zero-order chi connectivity index (χ0) is 12.0. The van der Waals surface area contributed by atoms with Crippen LogP contribution in [0.15, 0.2) is 16.7 Å². The number of nitrogens with one attached hydrogen (secondary N) is 1. The Bertz CT molecular complexity index is 329. The molecule has 0 aliphatic rings. The molecular weight excluding hydrogens is 268 g/mol. The van der Waals surface area contributed by atoms with E-state index in [9.17, 15) is 0 Å². The standard InChI is InChI=1S/C12H19BrN2O/c1-4-14-6-10-5-11(13)7-15-12(10)16-8-9(2)3/h5,7,9,14H,4,6,8H2,1-3H3. The molecule has 1 aromatic heterocycles. The molecule has 0 bridgehead atoms. The monoisotopic (exact) mass is 286 g/mol. The van der Waals surface area contributed by atoms with Gasteiger partial charge in [-0.2, -0.15) is 0 Å². The van der Waals surface area contributed by atoms with Crippen molar-refractivity contribution in [1.82, 2.24) is 10.3 Å². The molecule has 1 N–H and O–H groups in total. The second-order valence-electron chi connectivity index (χ2n) is 4.10. The third-order valence-corrected chi connectivity index (χ3v) is 2.44. The lowest BCUT2D eigenvalue weighted by molar-refractivity contribution is 0.258. The molecule has 0 amide bonds. The van der Waals surface area contributed by atoms with Crippen LogP contribution in [0, 0.1) is 5.92 Å². The van der Waals surface area contributed by atoms with E-state index in [0.717, 1.165) is 29.0 Å². The predicted molar refractivity (Wildman–Crippen MR) is 69.7 cm³/mol. The van der Waals surface area contributed by atoms with E-state index < -0.39 is 0 Å². The van der Waals surface area contributed by atoms with Crippen LogP contribution in [0.5, 0.6) is 5.88 Å². The van der Waals surface area contributed by atoms with Crippen molar-refractivity contribution in [2.75, 3.05) is 13.2 Å². The summed E-state index contributed by atoms with van der Waals surface area (Å²) in [5, 5.41) is 3.28. The third-order valence-electron chi connectivity index (χ3n) is 2.01. The van der Waals surface area contributed by atoms with Gasteiger partial charge in [-0.3, -0.25) is 0 Å². The van der Waals surface area contributed by atoms with Gasteiger partial charge in [0.05, 0.1) is 6.61 Å². The Kier molecular flexibility index (Phi) is 5.77. The zero-order valence-corrected chi connectivity index (χ0v) is 11.7. The van der Waals surface area contributed by atoms with Gasteiger partial charge >= 0.3 is 0 Å². The summed E-state index contributed by atoms with van der Waals surface area (Å²) in [4.78, 5) is 4.29. The van der Waals surface area contributed by atoms with Crippen LogP contribution in [-0.2, 0) is 6.54 Å². The van der Waals surface area contributed by atoms with E-state index in [0.29, 0.717) is 12.5 Å². The Balaban J connectivity index is 2.72. The quantitative estimate of drug-likeness (QED) is 0.873. The van der Waals surface area contributed by atoms with E-state index in [-0.39, 0.29) is 0 Å². The van der Waals surface area contributed by atoms with Crippen molar-refractivity contribution >= 4 is 15.9 Å². The van der Waals surface area contributed by atoms with Gasteiger partial charge in [-0.1, -0.05) is 20.8 Å². The molecule has 0 aliphatic heterocycles. The van der Waals surface area contributed by atoms with Crippen molar-refractivity contribution in [3.8, 4) is 5.88 Å². The summed E-state index contributed by atoms with van der Waals surface area (Å²) in [5.74, 6) is 1.25. The van der Waals surface area contributed by atoms with Crippen LogP contribution >= 0.6 is 15.9 Å². The van der Waals surface area contributed by atoms with E-state index >= 15 is 0 Å². The number of rotatable bonds is 6. The maximum absolute atomic E-state index is 5.68. The maximum Gasteiger partial charge on any atom is 0.217 e. The first kappa shape index (κ1) is 13.5. The highest BCUT2D eigenvalue weighted by Crippen LogP contribution is 2.20. The summed E-state index contributed by atoms with van der Waals surface area (Å²) >= 11 is 3.42. The first-order chi connectivity index (χ1) is 7.63. The smallest absolute Gasteiger partial charge is 0.217 e. The fourth-order valence-electron chi connectivity index (χ4n) is 1.23. The molecule has 0 saturated heterocycles. The van der Waals surface area contributed by atoms with Gasteiger partial charge < -0.3 is 10.1 Å². The van der Waals surface area contributed by atoms with E-state index in [4.69, 9.17) is 4.74 Å². The molecule has 0 saturated carbocycles. The van der Waals surface area contributed by atoms with Crippen molar-refractivity contribution in [3.63, 3.8) is 0 Å². The number of nitrogens with zero attached hydrogens (tertiary/aromatic N) is 1. The van der Waals surface area contributed by atoms with Gasteiger partial charge in [0.1, 0.15) is 0 Å². The molecule has 0 aliphatic carbocycles. The van der Waals surface area contributed by atoms with Gasteiger partial charge in [0.25, 0.3) is 0 Å². The van der Waals surface area contributed by atoms with Crippen LogP contribution in [0.3, 0.4) is 0 Å². The zero-order valence-electron chi connectivity index (χ0n) is 10.1. The molecule has 4 heteroatoms. The highest BCUT2D eigenvalue weighted by Gasteiger charge is 2.06. The average Bonchev–Trinajstić information content (AvgIpc) is 2.24. The van der Waals surface area contributed by atoms with Crippen LogP contribution in [0.2, 0.25) is 0 Å². The molecule has 1 aromatic rings. The van der Waals surface area contributed by atoms with Crippen molar-refractivity contribution in [1.29, 1.82) is 0 Å². The first-order valence-electron chi connectivity index (χ1n) is 5.61. The highest BCUT2D eigenvalue weighted by molar-refractivity contribution is 9.10. The number of ether oxygens (including phenoxy) is 1. The molecule has 3 nitrogen and oxygen atoms in total. The summed E-state index contributed by atoms with van der Waals surface area (Å²) in [7, 11) is 0. The van der Waals surface area contributed by atoms with Crippen molar-refractivity contribution < 1.29 is 4.74 Å². The summed E-state index contributed by atoms with van der Waals surface area (Å²) in [5.41, 5.74) is 1.09. The summed E-state index contributed by atoms with van der Waals surface area (Å²) in [6.07, 6.45) is 1.77. The fraction of sp³-hybridized carbons (Fsp3) is 0.583. The molecule has 1 rings (SSSR count). The minimum atomic E-state index is 0.512. The first-order valence-corrected chi connectivity index (χ1v) is 6.40. The Morgan fingerprint density at radius 2 is 2.25 bits per heavy atom. The summed E-state index contributed by atoms with van der Waals surface area (Å²) in [6, 6.07) is 2.05. The fourth-order valence-corrected chi connectivity index (χ4v) is 1.61. The van der Waals surface area contributed by atoms with Crippen LogP contribution in [0.4, 0.5) is 0 Å². The topological polar surface area (TPSA) is 34.2 Å². The lowest BCUT2D eigenvalue weighted by atomic mass is 10.2. The number of aromatic nitrogens is 1. The summed E-state index contributed by atoms with van der Waals surface area (Å²) in [6.45, 7) is 8.77. The number of pyridine rings is 1. The van der Waals surface area contributed by atoms with Gasteiger partial charge in [0, 0.05) is 22.8 Å². The molecule has 0 atom stereocenters. The molecule has 1 heterocycles. The van der Waals surface area contributed by atoms with Crippen LogP contribution < -0.4 is 10.1 Å². The minimum Gasteiger partial charge on any atom is -0.477 e.